The summed E-state index contributed by atoms with van der Waals surface area (Å²) in [5.74, 6) is 0.630. The van der Waals surface area contributed by atoms with E-state index in [0.717, 1.165) is 49.7 Å². The lowest BCUT2D eigenvalue weighted by Gasteiger charge is -2.27. The van der Waals surface area contributed by atoms with Crippen LogP contribution in [0.25, 0.3) is 11.2 Å². The van der Waals surface area contributed by atoms with E-state index in [1.807, 2.05) is 6.33 Å². The number of nitrogens with one attached hydrogen (secondary N) is 3. The minimum Gasteiger partial charge on any atom is -0.366 e. The van der Waals surface area contributed by atoms with Crippen molar-refractivity contribution in [3.8, 4) is 0 Å². The number of imidazole rings is 1. The van der Waals surface area contributed by atoms with E-state index >= 15 is 0 Å². The van der Waals surface area contributed by atoms with Crippen LogP contribution in [-0.4, -0.2) is 50.6 Å². The number of amides is 1. The Hall–Kier alpha value is -3.27. The van der Waals surface area contributed by atoms with Crippen molar-refractivity contribution >= 4 is 28.8 Å². The number of halogens is 1. The molecule has 5 rings (SSSR count). The van der Waals surface area contributed by atoms with Crippen LogP contribution in [0.1, 0.15) is 67.8 Å². The highest BCUT2D eigenvalue weighted by atomic mass is 19.1. The van der Waals surface area contributed by atoms with Gasteiger partial charge in [-0.1, -0.05) is 12.8 Å². The number of rotatable bonds is 8. The first-order valence-electron chi connectivity index (χ1n) is 12.6. The maximum Gasteiger partial charge on any atom is 0.251 e. The minimum atomic E-state index is -0.367. The van der Waals surface area contributed by atoms with Crippen LogP contribution in [0, 0.1) is 5.82 Å². The largest absolute Gasteiger partial charge is 0.366 e. The molecule has 35 heavy (non-hydrogen) atoms. The Morgan fingerprint density at radius 2 is 1.77 bits per heavy atom. The number of fused-ring (bicyclic) bond motifs is 1. The maximum absolute atomic E-state index is 13.1. The highest BCUT2D eigenvalue weighted by molar-refractivity contribution is 5.94. The lowest BCUT2D eigenvalue weighted by atomic mass is 9.92. The molecule has 9 nitrogen and oxygen atoms in total. The normalized spacial score (nSPS) is 20.7. The van der Waals surface area contributed by atoms with Crippen molar-refractivity contribution in [1.29, 1.82) is 0 Å². The first-order valence-corrected chi connectivity index (χ1v) is 12.6. The molecule has 0 unspecified atom stereocenters. The summed E-state index contributed by atoms with van der Waals surface area (Å²) in [4.78, 5) is 26.6. The Morgan fingerprint density at radius 1 is 1.03 bits per heavy atom. The van der Waals surface area contributed by atoms with Gasteiger partial charge in [0.1, 0.15) is 5.82 Å². The van der Waals surface area contributed by atoms with Crippen LogP contribution in [-0.2, 0) is 0 Å². The summed E-state index contributed by atoms with van der Waals surface area (Å²) in [6.45, 7) is 0.849. The second-order valence-electron chi connectivity index (χ2n) is 9.60. The maximum atomic E-state index is 13.1. The van der Waals surface area contributed by atoms with Gasteiger partial charge in [-0.15, -0.1) is 0 Å². The zero-order valence-electron chi connectivity index (χ0n) is 19.8. The molecule has 186 valence electrons. The van der Waals surface area contributed by atoms with Crippen molar-refractivity contribution in [2.75, 3.05) is 23.7 Å². The summed E-state index contributed by atoms with van der Waals surface area (Å²) < 4.78 is 15.3. The number of carbonyl (C=O) groups is 1. The molecule has 2 fully saturated rings. The molecule has 10 heteroatoms. The fraction of sp³-hybridized carbons (Fsp3) is 0.520. The van der Waals surface area contributed by atoms with E-state index in [1.54, 1.807) is 0 Å². The zero-order chi connectivity index (χ0) is 24.2. The molecule has 2 aliphatic rings. The third kappa shape index (κ3) is 5.53. The summed E-state index contributed by atoms with van der Waals surface area (Å²) in [5, 5.41) is 9.70. The number of hydrogen-bond donors (Lipinski definition) is 4. The van der Waals surface area contributed by atoms with Crippen LogP contribution in [0.3, 0.4) is 0 Å². The summed E-state index contributed by atoms with van der Waals surface area (Å²) in [7, 11) is 0. The van der Waals surface area contributed by atoms with Crippen molar-refractivity contribution in [3.63, 3.8) is 0 Å². The first-order chi connectivity index (χ1) is 17.1. The Kier molecular flexibility index (Phi) is 7.08. The highest BCUT2D eigenvalue weighted by Crippen LogP contribution is 2.33. The topological polar surface area (TPSA) is 123 Å². The first kappa shape index (κ1) is 23.5. The van der Waals surface area contributed by atoms with Crippen molar-refractivity contribution in [2.45, 2.75) is 69.5 Å². The predicted molar refractivity (Wildman–Crippen MR) is 134 cm³/mol. The molecule has 2 aliphatic carbocycles. The fourth-order valence-corrected chi connectivity index (χ4v) is 5.06. The zero-order valence-corrected chi connectivity index (χ0v) is 19.8. The van der Waals surface area contributed by atoms with E-state index < -0.39 is 0 Å². The van der Waals surface area contributed by atoms with Crippen molar-refractivity contribution in [1.82, 2.24) is 24.8 Å². The van der Waals surface area contributed by atoms with Crippen molar-refractivity contribution < 1.29 is 9.18 Å². The summed E-state index contributed by atoms with van der Waals surface area (Å²) in [5.41, 5.74) is 8.06. The number of anilines is 2. The summed E-state index contributed by atoms with van der Waals surface area (Å²) >= 11 is 0. The van der Waals surface area contributed by atoms with Gasteiger partial charge in [0, 0.05) is 36.8 Å². The van der Waals surface area contributed by atoms with E-state index in [2.05, 4.69) is 25.5 Å². The average molecular weight is 481 g/mol. The summed E-state index contributed by atoms with van der Waals surface area (Å²) in [6.07, 6.45) is 10.6. The molecule has 0 radical (unpaired) electrons. The van der Waals surface area contributed by atoms with Gasteiger partial charge < -0.3 is 26.3 Å². The molecule has 2 heterocycles. The van der Waals surface area contributed by atoms with Gasteiger partial charge in [0.2, 0.25) is 5.95 Å². The van der Waals surface area contributed by atoms with Gasteiger partial charge in [-0.3, -0.25) is 4.79 Å². The van der Waals surface area contributed by atoms with Crippen LogP contribution in [0.15, 0.2) is 30.6 Å². The standard InChI is InChI=1S/C25H33FN8O/c26-17-7-5-16(6-8-17)24(35)29-14-13-28-22-21-23(34(15-30-21)20-3-1-2-4-20)33-25(32-22)31-19-11-9-18(27)10-12-19/h5-8,15,18-20H,1-4,9-14,27H2,(H,29,35)(H2,28,31,32,33). The molecule has 5 N–H and O–H groups in total. The van der Waals surface area contributed by atoms with Crippen molar-refractivity contribution in [2.24, 2.45) is 5.73 Å². The smallest absolute Gasteiger partial charge is 0.251 e. The Balaban J connectivity index is 1.30. The van der Waals surface area contributed by atoms with Crippen LogP contribution < -0.4 is 21.7 Å². The van der Waals surface area contributed by atoms with Gasteiger partial charge in [0.25, 0.3) is 5.91 Å². The van der Waals surface area contributed by atoms with Gasteiger partial charge in [-0.25, -0.2) is 9.37 Å². The summed E-state index contributed by atoms with van der Waals surface area (Å²) in [6, 6.07) is 6.49. The second kappa shape index (κ2) is 10.6. The Morgan fingerprint density at radius 3 is 2.51 bits per heavy atom. The molecular formula is C25H33FN8O. The van der Waals surface area contributed by atoms with Gasteiger partial charge in [-0.2, -0.15) is 9.97 Å². The van der Waals surface area contributed by atoms with E-state index in [0.29, 0.717) is 42.5 Å². The van der Waals surface area contributed by atoms with E-state index in [1.165, 1.54) is 37.1 Å². The van der Waals surface area contributed by atoms with Gasteiger partial charge >= 0.3 is 0 Å². The average Bonchev–Trinajstić information content (AvgIpc) is 3.53. The number of benzene rings is 1. The third-order valence-electron chi connectivity index (χ3n) is 7.05. The molecule has 1 amide bonds. The van der Waals surface area contributed by atoms with Gasteiger partial charge in [0.05, 0.1) is 6.33 Å². The number of nitrogens with zero attached hydrogens (tertiary/aromatic N) is 4. The lowest BCUT2D eigenvalue weighted by molar-refractivity contribution is 0.0955. The lowest BCUT2D eigenvalue weighted by Crippen LogP contribution is -2.33. The Labute approximate surface area is 204 Å². The second-order valence-corrected chi connectivity index (χ2v) is 9.60. The molecule has 0 spiro atoms. The number of nitrogens with two attached hydrogens (primary N) is 1. The number of carbonyl (C=O) groups excluding carboxylic acids is 1. The molecule has 1 aromatic carbocycles. The van der Waals surface area contributed by atoms with Gasteiger partial charge in [-0.05, 0) is 62.8 Å². The monoisotopic (exact) mass is 480 g/mol. The van der Waals surface area contributed by atoms with Crippen LogP contribution in [0.5, 0.6) is 0 Å². The van der Waals surface area contributed by atoms with Crippen molar-refractivity contribution in [3.05, 3.63) is 42.0 Å². The predicted octanol–water partition coefficient (Wildman–Crippen LogP) is 3.60. The molecule has 2 saturated carbocycles. The van der Waals surface area contributed by atoms with E-state index in [-0.39, 0.29) is 17.8 Å². The van der Waals surface area contributed by atoms with E-state index in [9.17, 15) is 9.18 Å². The molecule has 0 atom stereocenters. The van der Waals surface area contributed by atoms with E-state index in [4.69, 9.17) is 15.7 Å². The molecular weight excluding hydrogens is 447 g/mol. The number of hydrogen-bond acceptors (Lipinski definition) is 7. The fourth-order valence-electron chi connectivity index (χ4n) is 5.06. The van der Waals surface area contributed by atoms with Gasteiger partial charge in [0.15, 0.2) is 17.0 Å². The molecule has 2 aromatic heterocycles. The van der Waals surface area contributed by atoms with Crippen LogP contribution in [0.2, 0.25) is 0 Å². The SMILES string of the molecule is NC1CCC(Nc2nc(NCCNC(=O)c3ccc(F)cc3)c3ncn(C4CCCC4)c3n2)CC1. The molecule has 0 bridgehead atoms. The molecule has 3 aromatic rings. The number of aromatic nitrogens is 4. The third-order valence-corrected chi connectivity index (χ3v) is 7.05. The molecule has 0 saturated heterocycles. The Bertz CT molecular complexity index is 1150. The van der Waals surface area contributed by atoms with Crippen LogP contribution in [0.4, 0.5) is 16.2 Å². The molecule has 0 aliphatic heterocycles. The highest BCUT2D eigenvalue weighted by Gasteiger charge is 2.23. The quantitative estimate of drug-likeness (QED) is 0.363. The van der Waals surface area contributed by atoms with Crippen LogP contribution >= 0.6 is 0 Å². The minimum absolute atomic E-state index is 0.247.